The van der Waals surface area contributed by atoms with Crippen molar-refractivity contribution in [3.63, 3.8) is 0 Å². The van der Waals surface area contributed by atoms with Gasteiger partial charge in [-0.1, -0.05) is 12.1 Å². The van der Waals surface area contributed by atoms with Gasteiger partial charge in [0.15, 0.2) is 0 Å². The van der Waals surface area contributed by atoms with Crippen molar-refractivity contribution in [2.45, 2.75) is 0 Å². The lowest BCUT2D eigenvalue weighted by Gasteiger charge is -2.12. The van der Waals surface area contributed by atoms with Gasteiger partial charge in [0.2, 0.25) is 0 Å². The van der Waals surface area contributed by atoms with Crippen LogP contribution in [-0.4, -0.2) is 30.1 Å². The number of carbonyl (C=O) groups excluding carboxylic acids is 1. The van der Waals surface area contributed by atoms with Crippen molar-refractivity contribution in [1.29, 1.82) is 0 Å². The molecule has 7 nitrogen and oxygen atoms in total. The molecule has 4 aromatic rings. The Balaban J connectivity index is 1.43. The number of nitrogens with zero attached hydrogens (tertiary/aromatic N) is 2. The van der Waals surface area contributed by atoms with E-state index in [4.69, 9.17) is 14.2 Å². The van der Waals surface area contributed by atoms with Crippen LogP contribution in [0.1, 0.15) is 10.4 Å². The molecule has 8 heteroatoms. The molecular weight excluding hydrogens is 425 g/mol. The number of carbonyl (C=O) groups is 1. The van der Waals surface area contributed by atoms with Crippen molar-refractivity contribution < 1.29 is 23.4 Å². The Bertz CT molecular complexity index is 1240. The third kappa shape index (κ3) is 5.24. The molecule has 33 heavy (non-hydrogen) atoms. The zero-order valence-corrected chi connectivity index (χ0v) is 17.9. The van der Waals surface area contributed by atoms with Crippen LogP contribution in [0.5, 0.6) is 23.3 Å². The van der Waals surface area contributed by atoms with E-state index in [9.17, 15) is 9.18 Å². The standard InChI is InChI=1S/C25H20FN3O4/c1-31-21-11-12-22(23(13-21)32-2)29-24(30)17-5-3-16(4-6-17)18-14-27-25(28-15-18)33-20-9-7-19(26)8-10-20/h3-15H,1-2H3,(H,29,30). The Hall–Kier alpha value is -4.46. The Morgan fingerprint density at radius 2 is 1.48 bits per heavy atom. The second-order valence-corrected chi connectivity index (χ2v) is 6.91. The van der Waals surface area contributed by atoms with Gasteiger partial charge in [0.25, 0.3) is 5.91 Å². The van der Waals surface area contributed by atoms with E-state index in [1.165, 1.54) is 31.4 Å². The molecule has 3 aromatic carbocycles. The maximum absolute atomic E-state index is 13.0. The van der Waals surface area contributed by atoms with Crippen LogP contribution < -0.4 is 19.5 Å². The third-order valence-electron chi connectivity index (χ3n) is 4.79. The molecule has 0 fully saturated rings. The summed E-state index contributed by atoms with van der Waals surface area (Å²) in [5, 5.41) is 2.84. The molecule has 0 saturated heterocycles. The van der Waals surface area contributed by atoms with Gasteiger partial charge in [-0.25, -0.2) is 14.4 Å². The van der Waals surface area contributed by atoms with E-state index in [-0.39, 0.29) is 17.7 Å². The second kappa shape index (κ2) is 9.78. The molecule has 0 radical (unpaired) electrons. The molecule has 0 spiro atoms. The summed E-state index contributed by atoms with van der Waals surface area (Å²) < 4.78 is 29.0. The number of hydrogen-bond acceptors (Lipinski definition) is 6. The third-order valence-corrected chi connectivity index (χ3v) is 4.79. The quantitative estimate of drug-likeness (QED) is 0.413. The topological polar surface area (TPSA) is 82.6 Å². The maximum Gasteiger partial charge on any atom is 0.321 e. The van der Waals surface area contributed by atoms with E-state index in [0.29, 0.717) is 28.5 Å². The van der Waals surface area contributed by atoms with Crippen molar-refractivity contribution in [2.75, 3.05) is 19.5 Å². The van der Waals surface area contributed by atoms with E-state index in [2.05, 4.69) is 15.3 Å². The highest BCUT2D eigenvalue weighted by atomic mass is 19.1. The van der Waals surface area contributed by atoms with Gasteiger partial charge in [0.1, 0.15) is 23.1 Å². The molecule has 1 heterocycles. The molecule has 0 aliphatic rings. The van der Waals surface area contributed by atoms with E-state index >= 15 is 0 Å². The molecule has 0 aliphatic heterocycles. The van der Waals surface area contributed by atoms with Crippen LogP contribution in [0.4, 0.5) is 10.1 Å². The summed E-state index contributed by atoms with van der Waals surface area (Å²) in [6.45, 7) is 0. The van der Waals surface area contributed by atoms with E-state index < -0.39 is 0 Å². The highest BCUT2D eigenvalue weighted by Crippen LogP contribution is 2.29. The van der Waals surface area contributed by atoms with Crippen LogP contribution in [0.25, 0.3) is 11.1 Å². The normalized spacial score (nSPS) is 10.4. The molecule has 4 rings (SSSR count). The Morgan fingerprint density at radius 3 is 2.12 bits per heavy atom. The number of hydrogen-bond donors (Lipinski definition) is 1. The first-order chi connectivity index (χ1) is 16.1. The molecular formula is C25H20FN3O4. The first kappa shape index (κ1) is 21.8. The van der Waals surface area contributed by atoms with Crippen LogP contribution in [0.15, 0.2) is 79.1 Å². The van der Waals surface area contributed by atoms with E-state index in [1.807, 2.05) is 0 Å². The number of ether oxygens (including phenoxy) is 3. The monoisotopic (exact) mass is 445 g/mol. The minimum atomic E-state index is -0.348. The molecule has 1 amide bonds. The summed E-state index contributed by atoms with van der Waals surface area (Å²) in [6.07, 6.45) is 3.23. The van der Waals surface area contributed by atoms with Gasteiger partial charge in [0, 0.05) is 29.6 Å². The highest BCUT2D eigenvalue weighted by Gasteiger charge is 2.11. The molecule has 0 bridgehead atoms. The molecule has 0 unspecified atom stereocenters. The predicted molar refractivity (Wildman–Crippen MR) is 121 cm³/mol. The fourth-order valence-electron chi connectivity index (χ4n) is 3.04. The zero-order chi connectivity index (χ0) is 23.2. The number of nitrogens with one attached hydrogen (secondary N) is 1. The molecule has 1 aromatic heterocycles. The van der Waals surface area contributed by atoms with Crippen LogP contribution in [0.2, 0.25) is 0 Å². The van der Waals surface area contributed by atoms with Gasteiger partial charge in [0.05, 0.1) is 19.9 Å². The fourth-order valence-corrected chi connectivity index (χ4v) is 3.04. The fraction of sp³-hybridized carbons (Fsp3) is 0.0800. The molecule has 0 atom stereocenters. The van der Waals surface area contributed by atoms with Gasteiger partial charge < -0.3 is 19.5 Å². The van der Waals surface area contributed by atoms with Gasteiger partial charge in [-0.3, -0.25) is 4.79 Å². The van der Waals surface area contributed by atoms with Crippen molar-refractivity contribution in [1.82, 2.24) is 9.97 Å². The summed E-state index contributed by atoms with van der Waals surface area (Å²) in [7, 11) is 3.09. The number of rotatable bonds is 7. The molecule has 1 N–H and O–H groups in total. The minimum Gasteiger partial charge on any atom is -0.497 e. The lowest BCUT2D eigenvalue weighted by Crippen LogP contribution is -2.12. The largest absolute Gasteiger partial charge is 0.497 e. The maximum atomic E-state index is 13.0. The number of amides is 1. The summed E-state index contributed by atoms with van der Waals surface area (Å²) in [5.41, 5.74) is 2.61. The first-order valence-corrected chi connectivity index (χ1v) is 9.95. The van der Waals surface area contributed by atoms with Gasteiger partial charge in [-0.05, 0) is 54.1 Å². The Morgan fingerprint density at radius 1 is 0.818 bits per heavy atom. The molecule has 166 valence electrons. The van der Waals surface area contributed by atoms with Crippen LogP contribution in [0, 0.1) is 5.82 Å². The van der Waals surface area contributed by atoms with Crippen molar-refractivity contribution in [3.05, 3.63) is 90.5 Å². The summed E-state index contributed by atoms with van der Waals surface area (Å²) in [4.78, 5) is 21.0. The number of methoxy groups -OCH3 is 2. The number of aromatic nitrogens is 2. The Labute approximate surface area is 189 Å². The number of anilines is 1. The van der Waals surface area contributed by atoms with Crippen molar-refractivity contribution in [3.8, 4) is 34.4 Å². The summed E-state index contributed by atoms with van der Waals surface area (Å²) in [5.74, 6) is 0.945. The smallest absolute Gasteiger partial charge is 0.321 e. The van der Waals surface area contributed by atoms with Crippen LogP contribution in [0.3, 0.4) is 0 Å². The van der Waals surface area contributed by atoms with Crippen molar-refractivity contribution >= 4 is 11.6 Å². The lowest BCUT2D eigenvalue weighted by molar-refractivity contribution is 0.102. The van der Waals surface area contributed by atoms with Gasteiger partial charge in [-0.15, -0.1) is 0 Å². The first-order valence-electron chi connectivity index (χ1n) is 9.95. The van der Waals surface area contributed by atoms with E-state index in [0.717, 1.165) is 11.1 Å². The average Bonchev–Trinajstić information content (AvgIpc) is 2.86. The van der Waals surface area contributed by atoms with E-state index in [1.54, 1.807) is 62.0 Å². The van der Waals surface area contributed by atoms with Crippen molar-refractivity contribution in [2.24, 2.45) is 0 Å². The molecule has 0 saturated carbocycles. The van der Waals surface area contributed by atoms with Crippen LogP contribution >= 0.6 is 0 Å². The summed E-state index contributed by atoms with van der Waals surface area (Å²) in [6, 6.07) is 17.9. The van der Waals surface area contributed by atoms with Crippen LogP contribution in [-0.2, 0) is 0 Å². The predicted octanol–water partition coefficient (Wildman–Crippen LogP) is 5.34. The van der Waals surface area contributed by atoms with Gasteiger partial charge in [-0.2, -0.15) is 0 Å². The Kier molecular flexibility index (Phi) is 6.45. The minimum absolute atomic E-state index is 0.148. The zero-order valence-electron chi connectivity index (χ0n) is 17.9. The SMILES string of the molecule is COc1ccc(NC(=O)c2ccc(-c3cnc(Oc4ccc(F)cc4)nc3)cc2)c(OC)c1. The number of halogens is 1. The summed E-state index contributed by atoms with van der Waals surface area (Å²) >= 11 is 0. The second-order valence-electron chi connectivity index (χ2n) is 6.91. The van der Waals surface area contributed by atoms with Gasteiger partial charge >= 0.3 is 6.01 Å². The molecule has 0 aliphatic carbocycles. The lowest BCUT2D eigenvalue weighted by atomic mass is 10.1. The highest BCUT2D eigenvalue weighted by molar-refractivity contribution is 6.05. The average molecular weight is 445 g/mol. The number of benzene rings is 3.